The molecule has 0 unspecified atom stereocenters. The Morgan fingerprint density at radius 1 is 0.674 bits per heavy atom. The molecule has 0 aromatic rings. The molecule has 14 heteroatoms. The molecule has 0 aromatic carbocycles. The first kappa shape index (κ1) is 37.6. The van der Waals surface area contributed by atoms with Crippen molar-refractivity contribution in [2.45, 2.75) is 140 Å². The number of aliphatic hydroxyl groups is 1. The molecular formula is C32H43F13O. The first-order valence-corrected chi connectivity index (χ1v) is 16.1. The molecule has 4 aliphatic rings. The highest BCUT2D eigenvalue weighted by Crippen LogP contribution is 2.68. The SMILES string of the molecule is C[C@H](CC/C=C/CC(F)(F)C(F)(F)C(F)(F)C(F)(F)C(F)(F)C(F)(F)F)[C@H]1CC[C@H]2[C@@H]3CC[C@@H]4C[C@H](O)CC[C@]4(C)[C@H]3CC[C@]12C. The van der Waals surface area contributed by atoms with Crippen LogP contribution in [0.4, 0.5) is 57.1 Å². The van der Waals surface area contributed by atoms with Crippen LogP contribution in [0.25, 0.3) is 0 Å². The molecule has 0 aliphatic heterocycles. The Hall–Kier alpha value is -1.21. The summed E-state index contributed by atoms with van der Waals surface area (Å²) >= 11 is 0. The van der Waals surface area contributed by atoms with Crippen LogP contribution in [0.2, 0.25) is 0 Å². The van der Waals surface area contributed by atoms with Gasteiger partial charge in [0.25, 0.3) is 0 Å². The number of hydrogen-bond donors (Lipinski definition) is 1. The molecule has 1 nitrogen and oxygen atoms in total. The van der Waals surface area contributed by atoms with E-state index in [-0.39, 0.29) is 35.2 Å². The van der Waals surface area contributed by atoms with Crippen molar-refractivity contribution >= 4 is 0 Å². The number of rotatable bonds is 10. The van der Waals surface area contributed by atoms with Crippen molar-refractivity contribution in [2.24, 2.45) is 46.3 Å². The van der Waals surface area contributed by atoms with Gasteiger partial charge in [-0.2, -0.15) is 57.1 Å². The van der Waals surface area contributed by atoms with Gasteiger partial charge in [0.1, 0.15) is 0 Å². The van der Waals surface area contributed by atoms with E-state index in [4.69, 9.17) is 0 Å². The average molecular weight is 691 g/mol. The maximum atomic E-state index is 14.1. The molecule has 1 N–H and O–H groups in total. The summed E-state index contributed by atoms with van der Waals surface area (Å²) in [4.78, 5) is 0. The van der Waals surface area contributed by atoms with Crippen LogP contribution >= 0.6 is 0 Å². The van der Waals surface area contributed by atoms with Crippen molar-refractivity contribution in [1.82, 2.24) is 0 Å². The topological polar surface area (TPSA) is 20.2 Å². The van der Waals surface area contributed by atoms with Crippen LogP contribution < -0.4 is 0 Å². The quantitative estimate of drug-likeness (QED) is 0.179. The van der Waals surface area contributed by atoms with Crippen LogP contribution in [0.1, 0.15) is 97.8 Å². The molecule has 4 fully saturated rings. The molecule has 0 saturated heterocycles. The van der Waals surface area contributed by atoms with Gasteiger partial charge in [-0.15, -0.1) is 0 Å². The molecule has 9 atom stereocenters. The van der Waals surface area contributed by atoms with Crippen LogP contribution in [-0.2, 0) is 0 Å². The second kappa shape index (κ2) is 12.0. The van der Waals surface area contributed by atoms with E-state index < -0.39 is 42.2 Å². The van der Waals surface area contributed by atoms with Crippen molar-refractivity contribution in [3.05, 3.63) is 12.2 Å². The fourth-order valence-corrected chi connectivity index (χ4v) is 10.1. The summed E-state index contributed by atoms with van der Waals surface area (Å²) in [5.41, 5.74) is 0.238. The third-order valence-electron chi connectivity index (χ3n) is 12.7. The van der Waals surface area contributed by atoms with E-state index in [0.29, 0.717) is 36.2 Å². The van der Waals surface area contributed by atoms with Gasteiger partial charge >= 0.3 is 35.8 Å². The number of halogens is 13. The average Bonchev–Trinajstić information content (AvgIpc) is 3.29. The molecule has 0 radical (unpaired) electrons. The Kier molecular flexibility index (Phi) is 9.80. The first-order valence-electron chi connectivity index (χ1n) is 16.1. The predicted molar refractivity (Wildman–Crippen MR) is 144 cm³/mol. The van der Waals surface area contributed by atoms with Gasteiger partial charge in [0, 0.05) is 6.42 Å². The van der Waals surface area contributed by atoms with Crippen molar-refractivity contribution in [3.63, 3.8) is 0 Å². The van der Waals surface area contributed by atoms with Crippen LogP contribution in [-0.4, -0.2) is 47.0 Å². The summed E-state index contributed by atoms with van der Waals surface area (Å²) in [5, 5.41) is 10.2. The molecule has 268 valence electrons. The van der Waals surface area contributed by atoms with E-state index in [9.17, 15) is 62.2 Å². The van der Waals surface area contributed by atoms with Crippen LogP contribution in [0.3, 0.4) is 0 Å². The summed E-state index contributed by atoms with van der Waals surface area (Å²) in [6.07, 6.45) is 0.819. The Morgan fingerprint density at radius 3 is 1.85 bits per heavy atom. The summed E-state index contributed by atoms with van der Waals surface area (Å²) in [5.74, 6) is -34.1. The zero-order valence-corrected chi connectivity index (χ0v) is 26.0. The largest absolute Gasteiger partial charge is 0.460 e. The molecular weight excluding hydrogens is 647 g/mol. The molecule has 0 bridgehead atoms. The third kappa shape index (κ3) is 5.67. The van der Waals surface area contributed by atoms with Crippen molar-refractivity contribution < 1.29 is 62.2 Å². The van der Waals surface area contributed by atoms with E-state index >= 15 is 0 Å². The van der Waals surface area contributed by atoms with Crippen molar-refractivity contribution in [1.29, 1.82) is 0 Å². The normalized spacial score (nSPS) is 37.2. The predicted octanol–water partition coefficient (Wildman–Crippen LogP) is 11.1. The summed E-state index contributed by atoms with van der Waals surface area (Å²) in [6, 6.07) is 0. The molecule has 4 aliphatic carbocycles. The Labute approximate surface area is 260 Å². The fraction of sp³-hybridized carbons (Fsp3) is 0.938. The minimum absolute atomic E-state index is 0.0338. The van der Waals surface area contributed by atoms with Gasteiger partial charge in [-0.25, -0.2) is 0 Å². The van der Waals surface area contributed by atoms with E-state index in [0.717, 1.165) is 63.9 Å². The molecule has 46 heavy (non-hydrogen) atoms. The zero-order valence-electron chi connectivity index (χ0n) is 26.0. The highest BCUT2D eigenvalue weighted by Gasteiger charge is 2.90. The monoisotopic (exact) mass is 690 g/mol. The maximum absolute atomic E-state index is 14.1. The van der Waals surface area contributed by atoms with E-state index in [1.807, 2.05) is 6.92 Å². The van der Waals surface area contributed by atoms with E-state index in [1.165, 1.54) is 0 Å². The number of aliphatic hydroxyl groups excluding tert-OH is 1. The lowest BCUT2D eigenvalue weighted by Crippen LogP contribution is -2.70. The third-order valence-corrected chi connectivity index (χ3v) is 12.7. The standard InChI is InChI=1S/C32H43F13O/c1-18(7-5-4-6-14-27(33,34)28(35,36)29(37,38)30(39,40)31(41,42)32(43,44)45)22-10-11-23-21-9-8-19-17-20(46)12-15-25(19,2)24(21)13-16-26(22,23)3/h4,6,18-24,46H,5,7-17H2,1-3H3/b6-4+/t18-,19-,20-,21+,22-,23+,24+,25+,26-/m1/s1. The lowest BCUT2D eigenvalue weighted by Gasteiger charge is -2.61. The minimum atomic E-state index is -7.87. The maximum Gasteiger partial charge on any atom is 0.460 e. The van der Waals surface area contributed by atoms with Gasteiger partial charge in [0.15, 0.2) is 0 Å². The van der Waals surface area contributed by atoms with Gasteiger partial charge < -0.3 is 5.11 Å². The fourth-order valence-electron chi connectivity index (χ4n) is 10.1. The molecule has 0 aromatic heterocycles. The van der Waals surface area contributed by atoms with E-state index in [1.54, 1.807) is 0 Å². The zero-order chi connectivity index (χ0) is 34.9. The second-order valence-electron chi connectivity index (χ2n) is 15.0. The Balaban J connectivity index is 1.36. The van der Waals surface area contributed by atoms with Gasteiger partial charge in [-0.3, -0.25) is 0 Å². The summed E-state index contributed by atoms with van der Waals surface area (Å²) in [6.45, 7) is 6.66. The summed E-state index contributed by atoms with van der Waals surface area (Å²) < 4.78 is 173. The minimum Gasteiger partial charge on any atom is -0.393 e. The lowest BCUT2D eigenvalue weighted by molar-refractivity contribution is -0.439. The molecule has 0 spiro atoms. The highest BCUT2D eigenvalue weighted by atomic mass is 19.4. The summed E-state index contributed by atoms with van der Waals surface area (Å²) in [7, 11) is 0. The molecule has 4 saturated carbocycles. The van der Waals surface area contributed by atoms with Crippen LogP contribution in [0, 0.1) is 46.3 Å². The Bertz CT molecular complexity index is 1120. The number of alkyl halides is 13. The number of allylic oxidation sites excluding steroid dienone is 2. The lowest BCUT2D eigenvalue weighted by atomic mass is 9.44. The highest BCUT2D eigenvalue weighted by molar-refractivity contribution is 5.12. The molecule has 4 rings (SSSR count). The first-order chi connectivity index (χ1) is 20.8. The number of hydrogen-bond acceptors (Lipinski definition) is 1. The molecule has 0 heterocycles. The van der Waals surface area contributed by atoms with Crippen LogP contribution in [0.5, 0.6) is 0 Å². The van der Waals surface area contributed by atoms with Crippen LogP contribution in [0.15, 0.2) is 12.2 Å². The second-order valence-corrected chi connectivity index (χ2v) is 15.0. The van der Waals surface area contributed by atoms with Gasteiger partial charge in [-0.05, 0) is 117 Å². The van der Waals surface area contributed by atoms with E-state index in [2.05, 4.69) is 13.8 Å². The van der Waals surface area contributed by atoms with Gasteiger partial charge in [0.2, 0.25) is 0 Å². The van der Waals surface area contributed by atoms with Gasteiger partial charge in [0.05, 0.1) is 6.10 Å². The van der Waals surface area contributed by atoms with Crippen molar-refractivity contribution in [3.8, 4) is 0 Å². The van der Waals surface area contributed by atoms with Crippen molar-refractivity contribution in [2.75, 3.05) is 0 Å². The van der Waals surface area contributed by atoms with Gasteiger partial charge in [-0.1, -0.05) is 32.9 Å². The smallest absolute Gasteiger partial charge is 0.393 e. The molecule has 0 amide bonds. The number of fused-ring (bicyclic) bond motifs is 5. The Morgan fingerprint density at radius 2 is 1.24 bits per heavy atom.